The number of nitrogens with zero attached hydrogens (tertiary/aromatic N) is 3. The van der Waals surface area contributed by atoms with E-state index < -0.39 is 0 Å². The molecule has 1 atom stereocenters. The van der Waals surface area contributed by atoms with E-state index in [0.717, 1.165) is 12.1 Å². The third-order valence-electron chi connectivity index (χ3n) is 5.29. The zero-order valence-corrected chi connectivity index (χ0v) is 21.4. The van der Waals surface area contributed by atoms with Crippen LogP contribution in [-0.2, 0) is 18.3 Å². The van der Waals surface area contributed by atoms with Gasteiger partial charge in [-0.25, -0.2) is 0 Å². The lowest BCUT2D eigenvalue weighted by Crippen LogP contribution is -2.31. The average Bonchev–Trinajstić information content (AvgIpc) is 3.18. The van der Waals surface area contributed by atoms with Crippen molar-refractivity contribution in [2.24, 2.45) is 13.0 Å². The number of nitrogens with one attached hydrogen (secondary N) is 2. The number of rotatable bonds is 10. The monoisotopic (exact) mass is 499 g/mol. The van der Waals surface area contributed by atoms with Gasteiger partial charge in [0.05, 0.1) is 22.4 Å². The van der Waals surface area contributed by atoms with Gasteiger partial charge in [-0.2, -0.15) is 0 Å². The minimum Gasteiger partial charge on any atom is -0.342 e. The smallest absolute Gasteiger partial charge is 0.253 e. The minimum absolute atomic E-state index is 0.121. The van der Waals surface area contributed by atoms with E-state index in [2.05, 4.69) is 41.6 Å². The van der Waals surface area contributed by atoms with E-state index in [1.165, 1.54) is 17.3 Å². The first-order valence-electron chi connectivity index (χ1n) is 11.2. The number of hydrogen-bond donors (Lipinski definition) is 2. The summed E-state index contributed by atoms with van der Waals surface area (Å²) in [5, 5.41) is 15.5. The van der Waals surface area contributed by atoms with E-state index in [-0.39, 0.29) is 23.6 Å². The van der Waals surface area contributed by atoms with Gasteiger partial charge in [0.15, 0.2) is 11.0 Å². The number of amides is 2. The molecule has 1 heterocycles. The molecule has 0 radical (unpaired) electrons. The van der Waals surface area contributed by atoms with Crippen LogP contribution in [-0.4, -0.2) is 32.3 Å². The van der Waals surface area contributed by atoms with Gasteiger partial charge >= 0.3 is 0 Å². The van der Waals surface area contributed by atoms with Crippen LogP contribution in [0.4, 0.5) is 5.69 Å². The van der Waals surface area contributed by atoms with Crippen molar-refractivity contribution in [1.29, 1.82) is 0 Å². The van der Waals surface area contributed by atoms with Crippen molar-refractivity contribution >= 4 is 40.9 Å². The lowest BCUT2D eigenvalue weighted by Gasteiger charge is -2.20. The normalized spacial score (nSPS) is 11.9. The van der Waals surface area contributed by atoms with Crippen molar-refractivity contribution in [3.8, 4) is 0 Å². The number of thioether (sulfide) groups is 1. The van der Waals surface area contributed by atoms with Crippen LogP contribution >= 0.6 is 23.4 Å². The second kappa shape index (κ2) is 12.0. The summed E-state index contributed by atoms with van der Waals surface area (Å²) >= 11 is 7.50. The molecule has 7 nitrogen and oxygen atoms in total. The van der Waals surface area contributed by atoms with Crippen molar-refractivity contribution in [2.75, 3.05) is 11.1 Å². The van der Waals surface area contributed by atoms with Crippen molar-refractivity contribution < 1.29 is 9.59 Å². The lowest BCUT2D eigenvalue weighted by molar-refractivity contribution is -0.113. The molecule has 180 valence electrons. The molecule has 34 heavy (non-hydrogen) atoms. The molecule has 9 heteroatoms. The highest BCUT2D eigenvalue weighted by molar-refractivity contribution is 7.99. The van der Waals surface area contributed by atoms with Crippen molar-refractivity contribution in [3.05, 3.63) is 70.5 Å². The maximum absolute atomic E-state index is 12.9. The Labute approximate surface area is 209 Å². The summed E-state index contributed by atoms with van der Waals surface area (Å²) in [4.78, 5) is 25.3. The molecule has 2 amide bonds. The Bertz CT molecular complexity index is 1130. The third-order valence-corrected chi connectivity index (χ3v) is 6.64. The van der Waals surface area contributed by atoms with Gasteiger partial charge in [-0.15, -0.1) is 10.2 Å². The molecule has 0 unspecified atom stereocenters. The van der Waals surface area contributed by atoms with E-state index in [1.54, 1.807) is 24.3 Å². The van der Waals surface area contributed by atoms with E-state index >= 15 is 0 Å². The number of hydrogen-bond acceptors (Lipinski definition) is 5. The van der Waals surface area contributed by atoms with Crippen molar-refractivity contribution in [1.82, 2.24) is 20.1 Å². The molecular weight excluding hydrogens is 470 g/mol. The molecule has 1 aromatic heterocycles. The van der Waals surface area contributed by atoms with Crippen molar-refractivity contribution in [3.63, 3.8) is 0 Å². The average molecular weight is 500 g/mol. The maximum Gasteiger partial charge on any atom is 0.253 e. The summed E-state index contributed by atoms with van der Waals surface area (Å²) in [5.41, 5.74) is 2.40. The van der Waals surface area contributed by atoms with Crippen LogP contribution in [0.2, 0.25) is 5.02 Å². The van der Waals surface area contributed by atoms with Gasteiger partial charge in [0.2, 0.25) is 5.91 Å². The Balaban J connectivity index is 1.67. The van der Waals surface area contributed by atoms with Crippen LogP contribution in [0.5, 0.6) is 0 Å². The molecule has 0 saturated heterocycles. The predicted molar refractivity (Wildman–Crippen MR) is 137 cm³/mol. The molecule has 0 aliphatic rings. The molecule has 0 aliphatic carbocycles. The van der Waals surface area contributed by atoms with Crippen LogP contribution in [0.25, 0.3) is 0 Å². The first-order chi connectivity index (χ1) is 16.3. The number of anilines is 1. The van der Waals surface area contributed by atoms with E-state index in [0.29, 0.717) is 33.9 Å². The number of aryl methyl sites for hydroxylation is 1. The van der Waals surface area contributed by atoms with E-state index in [4.69, 9.17) is 11.6 Å². The maximum atomic E-state index is 12.9. The number of carbonyl (C=O) groups excluding carboxylic acids is 2. The zero-order valence-electron chi connectivity index (χ0n) is 19.8. The summed E-state index contributed by atoms with van der Waals surface area (Å²) < 4.78 is 1.83. The van der Waals surface area contributed by atoms with Crippen LogP contribution < -0.4 is 10.6 Å². The van der Waals surface area contributed by atoms with Crippen LogP contribution in [0.3, 0.4) is 0 Å². The Morgan fingerprint density at radius 3 is 2.44 bits per heavy atom. The zero-order chi connectivity index (χ0) is 24.7. The first-order valence-corrected chi connectivity index (χ1v) is 12.6. The van der Waals surface area contributed by atoms with Gasteiger partial charge in [-0.1, -0.05) is 68.4 Å². The largest absolute Gasteiger partial charge is 0.342 e. The van der Waals surface area contributed by atoms with Gasteiger partial charge in [0, 0.05) is 12.7 Å². The SMILES string of the molecule is CCc1ccc(NC(=O)CSc2nnc([C@@H](CC(C)C)NC(=O)c3ccccc3Cl)n2C)cc1. The van der Waals surface area contributed by atoms with Gasteiger partial charge in [-0.3, -0.25) is 9.59 Å². The Morgan fingerprint density at radius 1 is 1.09 bits per heavy atom. The lowest BCUT2D eigenvalue weighted by atomic mass is 10.0. The van der Waals surface area contributed by atoms with Crippen LogP contribution in [0.1, 0.15) is 55.0 Å². The standard InChI is InChI=1S/C25H30ClN5O2S/c1-5-17-10-12-18(13-11-17)27-22(32)15-34-25-30-29-23(31(25)4)21(14-16(2)3)28-24(33)19-8-6-7-9-20(19)26/h6-13,16,21H,5,14-15H2,1-4H3,(H,27,32)(H,28,33)/t21-/m1/s1. The fraction of sp³-hybridized carbons (Fsp3) is 0.360. The van der Waals surface area contributed by atoms with E-state index in [1.807, 2.05) is 35.9 Å². The van der Waals surface area contributed by atoms with Gasteiger partial charge in [0.25, 0.3) is 5.91 Å². The minimum atomic E-state index is -0.346. The summed E-state index contributed by atoms with van der Waals surface area (Å²) in [5.74, 6) is 0.760. The Kier molecular flexibility index (Phi) is 9.12. The third kappa shape index (κ3) is 6.84. The Hall–Kier alpha value is -2.84. The molecule has 3 aromatic rings. The van der Waals surface area contributed by atoms with Crippen molar-refractivity contribution in [2.45, 2.75) is 44.8 Å². The predicted octanol–water partition coefficient (Wildman–Crippen LogP) is 5.28. The summed E-state index contributed by atoms with van der Waals surface area (Å²) in [6.45, 7) is 6.25. The fourth-order valence-corrected chi connectivity index (χ4v) is 4.43. The second-order valence-corrected chi connectivity index (χ2v) is 9.77. The number of carbonyl (C=O) groups is 2. The highest BCUT2D eigenvalue weighted by Crippen LogP contribution is 2.25. The first kappa shape index (κ1) is 25.8. The molecule has 2 aromatic carbocycles. The molecule has 0 aliphatic heterocycles. The molecule has 2 N–H and O–H groups in total. The van der Waals surface area contributed by atoms with Gasteiger partial charge in [-0.05, 0) is 48.6 Å². The van der Waals surface area contributed by atoms with Crippen LogP contribution in [0, 0.1) is 5.92 Å². The number of benzene rings is 2. The number of aromatic nitrogens is 3. The van der Waals surface area contributed by atoms with Crippen LogP contribution in [0.15, 0.2) is 53.7 Å². The summed E-state index contributed by atoms with van der Waals surface area (Å²) in [7, 11) is 1.84. The molecule has 0 fully saturated rings. The topological polar surface area (TPSA) is 88.9 Å². The molecule has 3 rings (SSSR count). The van der Waals surface area contributed by atoms with Gasteiger partial charge in [0.1, 0.15) is 0 Å². The molecule has 0 saturated carbocycles. The molecule has 0 bridgehead atoms. The summed E-state index contributed by atoms with van der Waals surface area (Å²) in [6, 6.07) is 14.4. The Morgan fingerprint density at radius 2 is 1.79 bits per heavy atom. The fourth-order valence-electron chi connectivity index (χ4n) is 3.49. The highest BCUT2D eigenvalue weighted by Gasteiger charge is 2.24. The molecular formula is C25H30ClN5O2S. The highest BCUT2D eigenvalue weighted by atomic mass is 35.5. The van der Waals surface area contributed by atoms with E-state index in [9.17, 15) is 9.59 Å². The summed E-state index contributed by atoms with van der Waals surface area (Å²) in [6.07, 6.45) is 1.64. The van der Waals surface area contributed by atoms with Gasteiger partial charge < -0.3 is 15.2 Å². The quantitative estimate of drug-likeness (QED) is 0.370. The molecule has 0 spiro atoms. The number of halogens is 1. The second-order valence-electron chi connectivity index (χ2n) is 8.42.